The van der Waals surface area contributed by atoms with Gasteiger partial charge in [0.2, 0.25) is 0 Å². The van der Waals surface area contributed by atoms with Crippen molar-refractivity contribution < 1.29 is 0 Å². The van der Waals surface area contributed by atoms with Crippen molar-refractivity contribution >= 4 is 23.2 Å². The Balaban J connectivity index is 2.04. The van der Waals surface area contributed by atoms with Crippen molar-refractivity contribution in [2.45, 2.75) is 26.2 Å². The Hall–Kier alpha value is -2.79. The highest BCUT2D eigenvalue weighted by atomic mass is 31.2. The molecule has 0 saturated heterocycles. The van der Waals surface area contributed by atoms with Crippen molar-refractivity contribution in [2.24, 2.45) is 0 Å². The van der Waals surface area contributed by atoms with Gasteiger partial charge in [-0.1, -0.05) is 79.3 Å². The summed E-state index contributed by atoms with van der Waals surface area (Å²) in [5.74, 6) is 12.8. The van der Waals surface area contributed by atoms with Crippen LogP contribution in [0, 0.1) is 23.7 Å². The summed E-state index contributed by atoms with van der Waals surface area (Å²) in [4.78, 5) is 0. The third kappa shape index (κ3) is 4.73. The van der Waals surface area contributed by atoms with Crippen molar-refractivity contribution in [2.75, 3.05) is 6.16 Å². The van der Waals surface area contributed by atoms with E-state index in [0.717, 1.165) is 19.0 Å². The molecule has 0 atom stereocenters. The predicted molar refractivity (Wildman–Crippen MR) is 125 cm³/mol. The summed E-state index contributed by atoms with van der Waals surface area (Å²) < 4.78 is 0. The van der Waals surface area contributed by atoms with Crippen LogP contribution in [-0.2, 0) is 0 Å². The first-order valence-electron chi connectivity index (χ1n) is 9.84. The molecule has 0 aliphatic carbocycles. The smallest absolute Gasteiger partial charge is 0.103 e. The highest BCUT2D eigenvalue weighted by Crippen LogP contribution is 2.55. The van der Waals surface area contributed by atoms with E-state index in [1.165, 1.54) is 15.9 Å². The van der Waals surface area contributed by atoms with E-state index in [2.05, 4.69) is 122 Å². The lowest BCUT2D eigenvalue weighted by Gasteiger charge is -2.27. The molecule has 0 nitrogen and oxygen atoms in total. The van der Waals surface area contributed by atoms with Crippen LogP contribution in [0.3, 0.4) is 0 Å². The van der Waals surface area contributed by atoms with Crippen LogP contribution in [0.1, 0.15) is 26.2 Å². The first-order chi connectivity index (χ1) is 13.9. The average Bonchev–Trinajstić information content (AvgIpc) is 2.78. The van der Waals surface area contributed by atoms with Gasteiger partial charge in [-0.15, -0.1) is 5.92 Å². The first kappa shape index (κ1) is 20.0. The fraction of sp³-hybridized carbons (Fsp3) is 0.185. The topological polar surface area (TPSA) is 0 Å². The van der Waals surface area contributed by atoms with Gasteiger partial charge in [0.05, 0.1) is 12.6 Å². The maximum atomic E-state index is 3.38. The van der Waals surface area contributed by atoms with Gasteiger partial charge >= 0.3 is 0 Å². The molecule has 138 valence electrons. The summed E-state index contributed by atoms with van der Waals surface area (Å²) in [5.41, 5.74) is 0. The van der Waals surface area contributed by atoms with Gasteiger partial charge in [-0.25, -0.2) is 0 Å². The molecule has 0 amide bonds. The Kier molecular flexibility index (Phi) is 7.50. The maximum Gasteiger partial charge on any atom is 0.113 e. The zero-order chi connectivity index (χ0) is 19.5. The largest absolute Gasteiger partial charge is 0.113 e. The molecule has 0 radical (unpaired) electrons. The van der Waals surface area contributed by atoms with Crippen LogP contribution in [0.25, 0.3) is 0 Å². The molecule has 0 bridgehead atoms. The van der Waals surface area contributed by atoms with Gasteiger partial charge in [0.15, 0.2) is 0 Å². The molecule has 0 saturated carbocycles. The minimum absolute atomic E-state index is 0.668. The number of hydrogen-bond donors (Lipinski definition) is 0. The molecule has 0 aromatic heterocycles. The summed E-state index contributed by atoms with van der Waals surface area (Å²) in [6.07, 6.45) is 3.48. The van der Waals surface area contributed by atoms with Crippen LogP contribution < -0.4 is 15.9 Å². The normalized spacial score (nSPS) is 10.3. The van der Waals surface area contributed by atoms with E-state index in [1.807, 2.05) is 0 Å². The molecule has 0 N–H and O–H groups in total. The van der Waals surface area contributed by atoms with Gasteiger partial charge in [-0.05, 0) is 36.4 Å². The van der Waals surface area contributed by atoms with E-state index in [-0.39, 0.29) is 0 Å². The van der Waals surface area contributed by atoms with Crippen LogP contribution in [-0.4, -0.2) is 6.16 Å². The third-order valence-electron chi connectivity index (χ3n) is 4.77. The van der Waals surface area contributed by atoms with Gasteiger partial charge < -0.3 is 0 Å². The fourth-order valence-electron chi connectivity index (χ4n) is 3.49. The Bertz CT molecular complexity index is 871. The second kappa shape index (κ2) is 10.5. The van der Waals surface area contributed by atoms with Crippen molar-refractivity contribution in [3.63, 3.8) is 0 Å². The molecule has 28 heavy (non-hydrogen) atoms. The monoisotopic (exact) mass is 381 g/mol. The molecule has 3 aromatic carbocycles. The predicted octanol–water partition coefficient (Wildman–Crippen LogP) is 5.18. The van der Waals surface area contributed by atoms with Crippen molar-refractivity contribution in [1.82, 2.24) is 0 Å². The van der Waals surface area contributed by atoms with Gasteiger partial charge in [0.25, 0.3) is 0 Å². The lowest BCUT2D eigenvalue weighted by Crippen LogP contribution is -2.33. The zero-order valence-electron chi connectivity index (χ0n) is 16.4. The third-order valence-corrected chi connectivity index (χ3v) is 9.20. The van der Waals surface area contributed by atoms with E-state index < -0.39 is 7.26 Å². The molecular weight excluding hydrogens is 355 g/mol. The average molecular weight is 381 g/mol. The van der Waals surface area contributed by atoms with E-state index in [9.17, 15) is 0 Å². The Morgan fingerprint density at radius 2 is 1.00 bits per heavy atom. The second-order valence-electron chi connectivity index (χ2n) is 6.53. The number of rotatable bonds is 5. The summed E-state index contributed by atoms with van der Waals surface area (Å²) in [6, 6.07) is 32.9. The van der Waals surface area contributed by atoms with Crippen LogP contribution in [0.5, 0.6) is 0 Å². The fourth-order valence-corrected chi connectivity index (χ4v) is 7.65. The molecule has 0 spiro atoms. The van der Waals surface area contributed by atoms with Crippen LogP contribution in [0.4, 0.5) is 0 Å². The molecule has 0 heterocycles. The summed E-state index contributed by atoms with van der Waals surface area (Å²) >= 11 is 0. The van der Waals surface area contributed by atoms with Crippen LogP contribution in [0.2, 0.25) is 0 Å². The lowest BCUT2D eigenvalue weighted by molar-refractivity contribution is 1.26. The Labute approximate surface area is 170 Å². The summed E-state index contributed by atoms with van der Waals surface area (Å²) in [6.45, 7) is 2.07. The van der Waals surface area contributed by atoms with Crippen LogP contribution in [0.15, 0.2) is 91.0 Å². The van der Waals surface area contributed by atoms with Gasteiger partial charge in [-0.2, -0.15) is 0 Å². The molecule has 0 unspecified atom stereocenters. The van der Waals surface area contributed by atoms with Crippen molar-refractivity contribution in [1.29, 1.82) is 0 Å². The number of hydrogen-bond acceptors (Lipinski definition) is 0. The minimum atomic E-state index is -1.75. The van der Waals surface area contributed by atoms with E-state index in [1.54, 1.807) is 0 Å². The summed E-state index contributed by atoms with van der Waals surface area (Å²) in [7, 11) is -1.75. The van der Waals surface area contributed by atoms with E-state index >= 15 is 0 Å². The van der Waals surface area contributed by atoms with Gasteiger partial charge in [0.1, 0.15) is 23.2 Å². The highest BCUT2D eigenvalue weighted by Gasteiger charge is 2.44. The minimum Gasteiger partial charge on any atom is -0.103 e. The first-order valence-corrected chi connectivity index (χ1v) is 11.8. The molecule has 0 aliphatic heterocycles. The molecule has 3 aromatic rings. The van der Waals surface area contributed by atoms with Crippen molar-refractivity contribution in [3.8, 4) is 23.7 Å². The zero-order valence-corrected chi connectivity index (χ0v) is 17.3. The quantitative estimate of drug-likeness (QED) is 0.422. The van der Waals surface area contributed by atoms with E-state index in [4.69, 9.17) is 0 Å². The lowest BCUT2D eigenvalue weighted by atomic mass is 10.3. The SMILES string of the molecule is CCC#CCC#CCC[P+](c1ccccc1)(c1ccccc1)c1ccccc1. The van der Waals surface area contributed by atoms with E-state index in [0.29, 0.717) is 6.42 Å². The molecule has 0 aliphatic rings. The Morgan fingerprint density at radius 1 is 0.571 bits per heavy atom. The standard InChI is InChI=1S/C27H26P/c1-2-3-4-5-6-7-17-24-28(25-18-11-8-12-19-25,26-20-13-9-14-21-26)27-22-15-10-16-23-27/h8-16,18-23H,2,5,17,24H2,1H3/q+1. The van der Waals surface area contributed by atoms with Crippen molar-refractivity contribution in [3.05, 3.63) is 91.0 Å². The molecular formula is C27H26P+. The maximum absolute atomic E-state index is 3.38. The second-order valence-corrected chi connectivity index (χ2v) is 10.1. The Morgan fingerprint density at radius 3 is 1.43 bits per heavy atom. The molecule has 1 heteroatoms. The molecule has 0 fully saturated rings. The van der Waals surface area contributed by atoms with Gasteiger partial charge in [0, 0.05) is 12.8 Å². The summed E-state index contributed by atoms with van der Waals surface area (Å²) in [5, 5.41) is 4.25. The van der Waals surface area contributed by atoms with Gasteiger partial charge in [-0.3, -0.25) is 0 Å². The van der Waals surface area contributed by atoms with Crippen LogP contribution >= 0.6 is 7.26 Å². The number of benzene rings is 3. The molecule has 3 rings (SSSR count). The highest BCUT2D eigenvalue weighted by molar-refractivity contribution is 7.95.